The summed E-state index contributed by atoms with van der Waals surface area (Å²) in [5.74, 6) is 0.201. The van der Waals surface area contributed by atoms with E-state index in [0.717, 1.165) is 0 Å². The molecule has 6 nitrogen and oxygen atoms in total. The normalized spacial score (nSPS) is 31.5. The van der Waals surface area contributed by atoms with Crippen LogP contribution in [0.5, 0.6) is 0 Å². The summed E-state index contributed by atoms with van der Waals surface area (Å²) < 4.78 is 38.0. The third-order valence-corrected chi connectivity index (χ3v) is 4.42. The van der Waals surface area contributed by atoms with Crippen LogP contribution in [-0.4, -0.2) is 41.1 Å². The molecule has 0 aromatic heterocycles. The van der Waals surface area contributed by atoms with Crippen molar-refractivity contribution >= 4 is 5.91 Å². The van der Waals surface area contributed by atoms with Crippen molar-refractivity contribution in [1.82, 2.24) is 21.1 Å². The lowest BCUT2D eigenvalue weighted by molar-refractivity contribution is -0.122. The zero-order valence-electron chi connectivity index (χ0n) is 12.6. The average Bonchev–Trinajstić information content (AvgIpc) is 2.74. The number of alkyl halides is 3. The van der Waals surface area contributed by atoms with E-state index in [1.54, 1.807) is 5.01 Å². The van der Waals surface area contributed by atoms with Crippen LogP contribution >= 0.6 is 0 Å². The van der Waals surface area contributed by atoms with E-state index in [1.165, 1.54) is 6.08 Å². The van der Waals surface area contributed by atoms with Crippen LogP contribution in [0.4, 0.5) is 13.2 Å². The number of allylic oxidation sites excluding steroid dienone is 2. The Morgan fingerprint density at radius 3 is 2.74 bits per heavy atom. The Balaban J connectivity index is 1.68. The fourth-order valence-electron chi connectivity index (χ4n) is 3.25. The van der Waals surface area contributed by atoms with E-state index in [2.05, 4.69) is 16.1 Å². The Morgan fingerprint density at radius 1 is 1.39 bits per heavy atom. The molecule has 1 amide bonds. The molecule has 0 spiro atoms. The fraction of sp³-hybridized carbons (Fsp3) is 0.643. The first kappa shape index (κ1) is 16.1. The molecule has 0 aromatic carbocycles. The lowest BCUT2D eigenvalue weighted by Gasteiger charge is -2.32. The van der Waals surface area contributed by atoms with Crippen LogP contribution in [-0.2, 0) is 4.79 Å². The minimum atomic E-state index is -4.24. The van der Waals surface area contributed by atoms with Gasteiger partial charge in [0.1, 0.15) is 5.82 Å². The molecule has 23 heavy (non-hydrogen) atoms. The Morgan fingerprint density at radius 2 is 2.13 bits per heavy atom. The summed E-state index contributed by atoms with van der Waals surface area (Å²) in [6.45, 7) is 2.29. The Kier molecular flexibility index (Phi) is 4.01. The molecule has 0 unspecified atom stereocenters. The number of rotatable bonds is 2. The summed E-state index contributed by atoms with van der Waals surface area (Å²) in [7, 11) is 0. The van der Waals surface area contributed by atoms with Gasteiger partial charge < -0.3 is 15.7 Å². The number of aliphatic hydroxyl groups is 1. The monoisotopic (exact) mass is 332 g/mol. The first-order valence-electron chi connectivity index (χ1n) is 7.55. The number of aliphatic hydroxyl groups excluding tert-OH is 1. The van der Waals surface area contributed by atoms with Gasteiger partial charge in [-0.1, -0.05) is 6.08 Å². The summed E-state index contributed by atoms with van der Waals surface area (Å²) >= 11 is 0. The van der Waals surface area contributed by atoms with Crippen molar-refractivity contribution < 1.29 is 23.1 Å². The smallest absolute Gasteiger partial charge is 0.356 e. The van der Waals surface area contributed by atoms with Crippen LogP contribution in [0.15, 0.2) is 23.0 Å². The second-order valence-electron chi connectivity index (χ2n) is 6.11. The predicted octanol–water partition coefficient (Wildman–Crippen LogP) is 0.691. The summed E-state index contributed by atoms with van der Waals surface area (Å²) in [4.78, 5) is 11.9. The van der Waals surface area contributed by atoms with Crippen molar-refractivity contribution in [3.8, 4) is 0 Å². The van der Waals surface area contributed by atoms with Gasteiger partial charge in [0.15, 0.2) is 0 Å². The van der Waals surface area contributed by atoms with Gasteiger partial charge in [-0.3, -0.25) is 9.80 Å². The van der Waals surface area contributed by atoms with Gasteiger partial charge in [-0.15, -0.1) is 0 Å². The molecule has 4 N–H and O–H groups in total. The maximum absolute atomic E-state index is 12.7. The minimum absolute atomic E-state index is 0.0139. The van der Waals surface area contributed by atoms with E-state index < -0.39 is 18.1 Å². The predicted molar refractivity (Wildman–Crippen MR) is 75.1 cm³/mol. The number of hydrogen-bond acceptors (Lipinski definition) is 5. The summed E-state index contributed by atoms with van der Waals surface area (Å²) in [5.41, 5.74) is 3.16. The van der Waals surface area contributed by atoms with E-state index >= 15 is 0 Å². The quantitative estimate of drug-likeness (QED) is 0.560. The van der Waals surface area contributed by atoms with Gasteiger partial charge in [0, 0.05) is 12.1 Å². The topological polar surface area (TPSA) is 76.6 Å². The molecule has 1 aliphatic carbocycles. The lowest BCUT2D eigenvalue weighted by atomic mass is 9.89. The maximum atomic E-state index is 12.7. The van der Waals surface area contributed by atoms with Gasteiger partial charge in [0.2, 0.25) is 6.35 Å². The van der Waals surface area contributed by atoms with Crippen LogP contribution in [0.1, 0.15) is 26.2 Å². The molecule has 0 saturated carbocycles. The van der Waals surface area contributed by atoms with Crippen LogP contribution in [0.3, 0.4) is 0 Å². The van der Waals surface area contributed by atoms with Crippen molar-refractivity contribution in [2.75, 3.05) is 6.54 Å². The molecular weight excluding hydrogens is 313 g/mol. The molecule has 0 saturated heterocycles. The first-order chi connectivity index (χ1) is 10.8. The third-order valence-electron chi connectivity index (χ3n) is 4.42. The van der Waals surface area contributed by atoms with Crippen LogP contribution in [0.2, 0.25) is 0 Å². The Bertz CT molecular complexity index is 573. The number of carbonyl (C=O) groups excluding carboxylic acids is 1. The van der Waals surface area contributed by atoms with Crippen LogP contribution in [0, 0.1) is 5.92 Å². The third kappa shape index (κ3) is 3.16. The minimum Gasteiger partial charge on any atom is -0.356 e. The number of nitrogens with zero attached hydrogens (tertiary/aromatic N) is 1. The van der Waals surface area contributed by atoms with Crippen molar-refractivity contribution in [3.63, 3.8) is 0 Å². The molecule has 9 heteroatoms. The summed E-state index contributed by atoms with van der Waals surface area (Å²) in [6.07, 6.45) is -3.35. The highest BCUT2D eigenvalue weighted by Crippen LogP contribution is 2.36. The molecule has 2 aliphatic heterocycles. The number of halogens is 3. The van der Waals surface area contributed by atoms with Crippen molar-refractivity contribution in [2.45, 2.75) is 44.8 Å². The van der Waals surface area contributed by atoms with Gasteiger partial charge in [0.05, 0.1) is 11.6 Å². The molecule has 0 bridgehead atoms. The van der Waals surface area contributed by atoms with Crippen LogP contribution in [0.25, 0.3) is 0 Å². The molecule has 0 aromatic rings. The zero-order chi connectivity index (χ0) is 16.8. The highest BCUT2D eigenvalue weighted by Gasteiger charge is 2.39. The molecule has 3 aliphatic rings. The number of nitrogens with one attached hydrogen (secondary N) is 3. The fourth-order valence-corrected chi connectivity index (χ4v) is 3.25. The first-order valence-corrected chi connectivity index (χ1v) is 7.55. The summed E-state index contributed by atoms with van der Waals surface area (Å²) in [6, 6.07) is -0.227. The molecule has 3 rings (SSSR count). The van der Waals surface area contributed by atoms with E-state index in [9.17, 15) is 23.1 Å². The van der Waals surface area contributed by atoms with Crippen molar-refractivity contribution in [1.29, 1.82) is 0 Å². The van der Waals surface area contributed by atoms with E-state index in [4.69, 9.17) is 0 Å². The second-order valence-corrected chi connectivity index (χ2v) is 6.11. The zero-order valence-corrected chi connectivity index (χ0v) is 12.6. The van der Waals surface area contributed by atoms with Gasteiger partial charge in [-0.2, -0.15) is 13.2 Å². The molecular formula is C14H19F3N4O2. The lowest BCUT2D eigenvalue weighted by Crippen LogP contribution is -2.52. The average molecular weight is 332 g/mol. The second kappa shape index (κ2) is 5.72. The van der Waals surface area contributed by atoms with E-state index in [-0.39, 0.29) is 24.3 Å². The van der Waals surface area contributed by atoms with Crippen molar-refractivity contribution in [2.24, 2.45) is 5.92 Å². The molecule has 0 fully saturated rings. The van der Waals surface area contributed by atoms with E-state index in [1.807, 2.05) is 6.92 Å². The largest absolute Gasteiger partial charge is 0.412 e. The molecule has 0 radical (unpaired) electrons. The highest BCUT2D eigenvalue weighted by atomic mass is 19.4. The van der Waals surface area contributed by atoms with Gasteiger partial charge in [0.25, 0.3) is 5.91 Å². The molecule has 2 heterocycles. The standard InChI is InChI=1S/C14H19F3N4O2/c1-7-10-11(18-13(23)19-12(10)22)21(20-7)6-8-2-4-9(5-3-8)14(15,16)17/h4,7-8,13,18,20,23H,2-3,5-6H2,1H3,(H,19,22)/t7-,8+,13-/m0/s1. The number of hydrogen-bond donors (Lipinski definition) is 4. The van der Waals surface area contributed by atoms with Gasteiger partial charge in [-0.05, 0) is 32.1 Å². The van der Waals surface area contributed by atoms with Crippen molar-refractivity contribution in [3.05, 3.63) is 23.0 Å². The number of carbonyl (C=O) groups is 1. The molecule has 3 atom stereocenters. The summed E-state index contributed by atoms with van der Waals surface area (Å²) in [5, 5.41) is 16.5. The number of hydrazine groups is 1. The Hall–Kier alpha value is -1.74. The Labute approximate surface area is 131 Å². The molecule has 128 valence electrons. The van der Waals surface area contributed by atoms with E-state index in [0.29, 0.717) is 30.8 Å². The van der Waals surface area contributed by atoms with Gasteiger partial charge >= 0.3 is 6.18 Å². The van der Waals surface area contributed by atoms with Crippen LogP contribution < -0.4 is 16.1 Å². The highest BCUT2D eigenvalue weighted by molar-refractivity contribution is 5.96. The maximum Gasteiger partial charge on any atom is 0.412 e. The van der Waals surface area contributed by atoms with Gasteiger partial charge in [-0.25, -0.2) is 5.43 Å². The SMILES string of the molecule is C[C@@H]1NN(C[C@@H]2CC=C(C(F)(F)F)CC2)C2=C1C(=O)N[C@@H](O)N2. The number of amides is 1.